The van der Waals surface area contributed by atoms with Crippen LogP contribution in [0.4, 0.5) is 9.18 Å². The highest BCUT2D eigenvalue weighted by Crippen LogP contribution is 2.32. The van der Waals surface area contributed by atoms with Crippen LogP contribution in [0.2, 0.25) is 0 Å². The van der Waals surface area contributed by atoms with Crippen molar-refractivity contribution in [3.05, 3.63) is 35.6 Å². The second kappa shape index (κ2) is 7.94. The summed E-state index contributed by atoms with van der Waals surface area (Å²) in [6.45, 7) is 5.38. The molecule has 6 heteroatoms. The molecule has 2 N–H and O–H groups in total. The second-order valence-electron chi connectivity index (χ2n) is 6.70. The number of carbonyl (C=O) groups excluding carboxylic acids is 1. The van der Waals surface area contributed by atoms with E-state index in [0.717, 1.165) is 18.7 Å². The number of benzene rings is 1. The van der Waals surface area contributed by atoms with Crippen LogP contribution in [0.15, 0.2) is 24.3 Å². The molecule has 1 aliphatic heterocycles. The van der Waals surface area contributed by atoms with E-state index in [0.29, 0.717) is 25.7 Å². The van der Waals surface area contributed by atoms with E-state index in [4.69, 9.17) is 4.74 Å². The first-order valence-corrected chi connectivity index (χ1v) is 8.75. The van der Waals surface area contributed by atoms with Crippen LogP contribution in [0.25, 0.3) is 0 Å². The fourth-order valence-corrected chi connectivity index (χ4v) is 3.22. The lowest BCUT2D eigenvalue weighted by molar-refractivity contribution is 0.0166. The van der Waals surface area contributed by atoms with Gasteiger partial charge in [0.25, 0.3) is 0 Å². The Labute approximate surface area is 142 Å². The van der Waals surface area contributed by atoms with Gasteiger partial charge in [-0.05, 0) is 43.4 Å². The van der Waals surface area contributed by atoms with Crippen LogP contribution in [0, 0.1) is 11.7 Å². The summed E-state index contributed by atoms with van der Waals surface area (Å²) in [6.07, 6.45) is 2.39. The van der Waals surface area contributed by atoms with Crippen LogP contribution in [0.5, 0.6) is 0 Å². The Balaban J connectivity index is 1.61. The molecule has 0 bridgehead atoms. The Bertz CT molecular complexity index is 559. The molecule has 1 saturated carbocycles. The number of ether oxygens (including phenoxy) is 1. The standard InChI is InChI=1S/C18H26FN3O2/c1-13(14-5-6-14)21-18(23)20-12-17(22-7-9-24-10-8-22)15-3-2-4-16(19)11-15/h2-4,11,13-14,17H,5-10,12H2,1H3,(H2,20,21,23). The van der Waals surface area contributed by atoms with E-state index in [1.165, 1.54) is 18.9 Å². The normalized spacial score (nSPS) is 21.1. The third kappa shape index (κ3) is 4.68. The Morgan fingerprint density at radius 2 is 2.12 bits per heavy atom. The molecule has 2 fully saturated rings. The number of rotatable bonds is 6. The third-order valence-electron chi connectivity index (χ3n) is 4.86. The van der Waals surface area contributed by atoms with Gasteiger partial charge in [-0.2, -0.15) is 0 Å². The molecule has 0 aromatic heterocycles. The quantitative estimate of drug-likeness (QED) is 0.839. The van der Waals surface area contributed by atoms with Crippen molar-refractivity contribution in [1.29, 1.82) is 0 Å². The minimum atomic E-state index is -0.252. The van der Waals surface area contributed by atoms with Crippen LogP contribution >= 0.6 is 0 Å². The monoisotopic (exact) mass is 335 g/mol. The molecule has 1 aromatic carbocycles. The number of halogens is 1. The van der Waals surface area contributed by atoms with Crippen LogP contribution in [0.3, 0.4) is 0 Å². The molecule has 2 unspecified atom stereocenters. The SMILES string of the molecule is CC(NC(=O)NCC(c1cccc(F)c1)N1CCOCC1)C1CC1. The van der Waals surface area contributed by atoms with Gasteiger partial charge in [-0.1, -0.05) is 12.1 Å². The second-order valence-corrected chi connectivity index (χ2v) is 6.70. The first-order chi connectivity index (χ1) is 11.6. The van der Waals surface area contributed by atoms with E-state index in [-0.39, 0.29) is 23.9 Å². The van der Waals surface area contributed by atoms with E-state index < -0.39 is 0 Å². The fraction of sp³-hybridized carbons (Fsp3) is 0.611. The highest BCUT2D eigenvalue weighted by Gasteiger charge is 2.29. The molecule has 2 atom stereocenters. The van der Waals surface area contributed by atoms with Crippen molar-refractivity contribution < 1.29 is 13.9 Å². The molecule has 0 radical (unpaired) electrons. The zero-order valence-electron chi connectivity index (χ0n) is 14.1. The van der Waals surface area contributed by atoms with E-state index >= 15 is 0 Å². The van der Waals surface area contributed by atoms with E-state index in [1.807, 2.05) is 13.0 Å². The Hall–Kier alpha value is -1.66. The van der Waals surface area contributed by atoms with Gasteiger partial charge in [-0.15, -0.1) is 0 Å². The van der Waals surface area contributed by atoms with Gasteiger partial charge < -0.3 is 15.4 Å². The van der Waals surface area contributed by atoms with Crippen LogP contribution in [-0.2, 0) is 4.74 Å². The zero-order valence-corrected chi connectivity index (χ0v) is 14.1. The maximum Gasteiger partial charge on any atom is 0.315 e. The number of hydrogen-bond donors (Lipinski definition) is 2. The van der Waals surface area contributed by atoms with Crippen molar-refractivity contribution in [3.63, 3.8) is 0 Å². The number of urea groups is 1. The van der Waals surface area contributed by atoms with Gasteiger partial charge in [0, 0.05) is 25.7 Å². The average Bonchev–Trinajstić information content (AvgIpc) is 3.41. The predicted octanol–water partition coefficient (Wildman–Crippen LogP) is 2.30. The molecule has 3 rings (SSSR count). The number of morpholine rings is 1. The number of amides is 2. The molecule has 1 aliphatic carbocycles. The van der Waals surface area contributed by atoms with Gasteiger partial charge in [-0.3, -0.25) is 4.90 Å². The lowest BCUT2D eigenvalue weighted by Crippen LogP contribution is -2.47. The molecular weight excluding hydrogens is 309 g/mol. The highest BCUT2D eigenvalue weighted by atomic mass is 19.1. The van der Waals surface area contributed by atoms with Gasteiger partial charge in [0.1, 0.15) is 5.82 Å². The van der Waals surface area contributed by atoms with Crippen LogP contribution in [-0.4, -0.2) is 49.8 Å². The van der Waals surface area contributed by atoms with E-state index in [2.05, 4.69) is 15.5 Å². The summed E-state index contributed by atoms with van der Waals surface area (Å²) in [5, 5.41) is 5.95. The third-order valence-corrected chi connectivity index (χ3v) is 4.86. The van der Waals surface area contributed by atoms with Crippen molar-refractivity contribution in [2.75, 3.05) is 32.8 Å². The Kier molecular flexibility index (Phi) is 5.68. The molecule has 1 heterocycles. The molecule has 24 heavy (non-hydrogen) atoms. The first kappa shape index (κ1) is 17.2. The zero-order chi connectivity index (χ0) is 16.9. The summed E-state index contributed by atoms with van der Waals surface area (Å²) < 4.78 is 19.0. The van der Waals surface area contributed by atoms with Gasteiger partial charge in [-0.25, -0.2) is 9.18 Å². The fourth-order valence-electron chi connectivity index (χ4n) is 3.22. The van der Waals surface area contributed by atoms with Crippen molar-refractivity contribution in [1.82, 2.24) is 15.5 Å². The van der Waals surface area contributed by atoms with Crippen molar-refractivity contribution >= 4 is 6.03 Å². The molecule has 1 saturated heterocycles. The maximum absolute atomic E-state index is 13.6. The number of nitrogens with one attached hydrogen (secondary N) is 2. The van der Waals surface area contributed by atoms with E-state index in [9.17, 15) is 9.18 Å². The van der Waals surface area contributed by atoms with Gasteiger partial charge in [0.2, 0.25) is 0 Å². The van der Waals surface area contributed by atoms with Crippen molar-refractivity contribution in [2.24, 2.45) is 5.92 Å². The largest absolute Gasteiger partial charge is 0.379 e. The lowest BCUT2D eigenvalue weighted by Gasteiger charge is -2.35. The summed E-state index contributed by atoms with van der Waals surface area (Å²) in [5.41, 5.74) is 0.882. The topological polar surface area (TPSA) is 53.6 Å². The average molecular weight is 335 g/mol. The van der Waals surface area contributed by atoms with Crippen LogP contribution < -0.4 is 10.6 Å². The van der Waals surface area contributed by atoms with Gasteiger partial charge in [0.05, 0.1) is 19.3 Å². The molecule has 132 valence electrons. The number of carbonyl (C=O) groups is 1. The molecule has 2 amide bonds. The van der Waals surface area contributed by atoms with Crippen LogP contribution in [0.1, 0.15) is 31.4 Å². The van der Waals surface area contributed by atoms with Crippen molar-refractivity contribution in [2.45, 2.75) is 31.8 Å². The number of hydrogen-bond acceptors (Lipinski definition) is 3. The predicted molar refractivity (Wildman–Crippen MR) is 90.3 cm³/mol. The first-order valence-electron chi connectivity index (χ1n) is 8.75. The minimum Gasteiger partial charge on any atom is -0.379 e. The molecule has 5 nitrogen and oxygen atoms in total. The summed E-state index contributed by atoms with van der Waals surface area (Å²) in [6, 6.07) is 6.63. The van der Waals surface area contributed by atoms with Gasteiger partial charge >= 0.3 is 6.03 Å². The summed E-state index contributed by atoms with van der Waals surface area (Å²) in [4.78, 5) is 14.4. The summed E-state index contributed by atoms with van der Waals surface area (Å²) in [5.74, 6) is 0.367. The Morgan fingerprint density at radius 1 is 1.38 bits per heavy atom. The Morgan fingerprint density at radius 3 is 2.79 bits per heavy atom. The lowest BCUT2D eigenvalue weighted by atomic mass is 10.0. The minimum absolute atomic E-state index is 0.0495. The highest BCUT2D eigenvalue weighted by molar-refractivity contribution is 5.74. The number of nitrogens with zero attached hydrogens (tertiary/aromatic N) is 1. The smallest absolute Gasteiger partial charge is 0.315 e. The maximum atomic E-state index is 13.6. The van der Waals surface area contributed by atoms with Crippen molar-refractivity contribution in [3.8, 4) is 0 Å². The molecule has 1 aromatic rings. The van der Waals surface area contributed by atoms with E-state index in [1.54, 1.807) is 12.1 Å². The summed E-state index contributed by atoms with van der Waals surface area (Å²) >= 11 is 0. The van der Waals surface area contributed by atoms with Gasteiger partial charge in [0.15, 0.2) is 0 Å². The molecule has 0 spiro atoms. The summed E-state index contributed by atoms with van der Waals surface area (Å²) in [7, 11) is 0. The molecule has 2 aliphatic rings. The molecular formula is C18H26FN3O2.